The first-order chi connectivity index (χ1) is 11.5. The summed E-state index contributed by atoms with van der Waals surface area (Å²) >= 11 is 5.97. The van der Waals surface area contributed by atoms with E-state index < -0.39 is 11.8 Å². The number of primary amides is 1. The molecule has 6 nitrogen and oxygen atoms in total. The van der Waals surface area contributed by atoms with E-state index in [1.54, 1.807) is 24.3 Å². The average Bonchev–Trinajstić information content (AvgIpc) is 2.54. The summed E-state index contributed by atoms with van der Waals surface area (Å²) in [6.07, 6.45) is 1.40. The van der Waals surface area contributed by atoms with Gasteiger partial charge in [0.1, 0.15) is 12.4 Å². The van der Waals surface area contributed by atoms with Crippen LogP contribution in [0.4, 0.5) is 9.18 Å². The quantitative estimate of drug-likeness (QED) is 0.619. The van der Waals surface area contributed by atoms with Crippen LogP contribution in [-0.2, 0) is 6.61 Å². The van der Waals surface area contributed by atoms with Gasteiger partial charge in [-0.2, -0.15) is 5.10 Å². The highest BCUT2D eigenvalue weighted by Gasteiger charge is 2.08. The van der Waals surface area contributed by atoms with Crippen LogP contribution in [0.3, 0.4) is 0 Å². The molecule has 0 radical (unpaired) electrons. The monoisotopic (exact) mass is 351 g/mol. The zero-order valence-corrected chi connectivity index (χ0v) is 13.5. The van der Waals surface area contributed by atoms with Gasteiger partial charge >= 0.3 is 6.03 Å². The fourth-order valence-corrected chi connectivity index (χ4v) is 2.07. The molecule has 0 fully saturated rings. The standard InChI is InChI=1S/C16H15ClFN3O3/c1-23-14-5-2-10(8-20-21-16(19)22)6-15(14)24-9-11-3-4-12(18)7-13(11)17/h2-8H,9H2,1H3,(H3,19,21,22). The lowest BCUT2D eigenvalue weighted by Gasteiger charge is -2.12. The molecule has 0 aliphatic heterocycles. The third-order valence-corrected chi connectivity index (χ3v) is 3.33. The van der Waals surface area contributed by atoms with Gasteiger partial charge in [-0.3, -0.25) is 0 Å². The minimum atomic E-state index is -0.762. The Morgan fingerprint density at radius 1 is 1.33 bits per heavy atom. The minimum absolute atomic E-state index is 0.135. The van der Waals surface area contributed by atoms with E-state index >= 15 is 0 Å². The van der Waals surface area contributed by atoms with Gasteiger partial charge in [0.05, 0.1) is 18.3 Å². The van der Waals surface area contributed by atoms with Crippen molar-refractivity contribution in [3.8, 4) is 11.5 Å². The molecule has 0 aliphatic rings. The van der Waals surface area contributed by atoms with Crippen LogP contribution in [0.15, 0.2) is 41.5 Å². The molecule has 0 saturated heterocycles. The summed E-state index contributed by atoms with van der Waals surface area (Å²) in [5.41, 5.74) is 8.31. The van der Waals surface area contributed by atoms with Crippen molar-refractivity contribution in [2.75, 3.05) is 7.11 Å². The molecule has 0 heterocycles. The SMILES string of the molecule is COc1ccc(C=NNC(N)=O)cc1OCc1ccc(F)cc1Cl. The number of urea groups is 1. The Labute approximate surface area is 143 Å². The Morgan fingerprint density at radius 2 is 2.12 bits per heavy atom. The number of nitrogens with two attached hydrogens (primary N) is 1. The first kappa shape index (κ1) is 17.6. The van der Waals surface area contributed by atoms with E-state index in [1.807, 2.05) is 0 Å². The molecule has 2 amide bonds. The number of carbonyl (C=O) groups is 1. The van der Waals surface area contributed by atoms with Crippen LogP contribution < -0.4 is 20.6 Å². The van der Waals surface area contributed by atoms with Gasteiger partial charge < -0.3 is 15.2 Å². The number of halogens is 2. The van der Waals surface area contributed by atoms with Gasteiger partial charge in [0, 0.05) is 5.56 Å². The Bertz CT molecular complexity index is 768. The maximum absolute atomic E-state index is 13.1. The lowest BCUT2D eigenvalue weighted by atomic mass is 10.2. The van der Waals surface area contributed by atoms with E-state index in [0.717, 1.165) is 0 Å². The van der Waals surface area contributed by atoms with Crippen LogP contribution in [0.1, 0.15) is 11.1 Å². The van der Waals surface area contributed by atoms with Crippen molar-refractivity contribution in [1.29, 1.82) is 0 Å². The van der Waals surface area contributed by atoms with Crippen molar-refractivity contribution in [3.63, 3.8) is 0 Å². The number of hydrogen-bond donors (Lipinski definition) is 2. The summed E-state index contributed by atoms with van der Waals surface area (Å²) in [7, 11) is 1.51. The van der Waals surface area contributed by atoms with Crippen LogP contribution >= 0.6 is 11.6 Å². The lowest BCUT2D eigenvalue weighted by Crippen LogP contribution is -2.24. The highest BCUT2D eigenvalue weighted by atomic mass is 35.5. The topological polar surface area (TPSA) is 85.9 Å². The van der Waals surface area contributed by atoms with Crippen LogP contribution in [-0.4, -0.2) is 19.4 Å². The van der Waals surface area contributed by atoms with Gasteiger partial charge in [-0.05, 0) is 35.9 Å². The number of rotatable bonds is 6. The van der Waals surface area contributed by atoms with Gasteiger partial charge in [-0.25, -0.2) is 14.6 Å². The molecule has 2 aromatic carbocycles. The van der Waals surface area contributed by atoms with Crippen molar-refractivity contribution in [1.82, 2.24) is 5.43 Å². The van der Waals surface area contributed by atoms with Gasteiger partial charge in [0.2, 0.25) is 0 Å². The van der Waals surface area contributed by atoms with Gasteiger partial charge in [-0.15, -0.1) is 0 Å². The molecular formula is C16H15ClFN3O3. The third-order valence-electron chi connectivity index (χ3n) is 2.97. The highest BCUT2D eigenvalue weighted by molar-refractivity contribution is 6.31. The smallest absolute Gasteiger partial charge is 0.332 e. The summed E-state index contributed by atoms with van der Waals surface area (Å²) in [5.74, 6) is 0.538. The summed E-state index contributed by atoms with van der Waals surface area (Å²) in [5, 5.41) is 3.95. The second kappa shape index (κ2) is 8.16. The van der Waals surface area contributed by atoms with Crippen LogP contribution in [0.5, 0.6) is 11.5 Å². The third kappa shape index (κ3) is 4.85. The fourth-order valence-electron chi connectivity index (χ4n) is 1.85. The summed E-state index contributed by atoms with van der Waals surface area (Å²) in [6.45, 7) is 0.135. The number of methoxy groups -OCH3 is 1. The van der Waals surface area contributed by atoms with Crippen molar-refractivity contribution in [3.05, 3.63) is 58.4 Å². The molecule has 0 aromatic heterocycles. The number of hydrogen-bond acceptors (Lipinski definition) is 4. The van der Waals surface area contributed by atoms with Crippen molar-refractivity contribution in [2.45, 2.75) is 6.61 Å². The van der Waals surface area contributed by atoms with Gasteiger partial charge in [-0.1, -0.05) is 17.7 Å². The summed E-state index contributed by atoms with van der Waals surface area (Å²) in [6, 6.07) is 8.39. The first-order valence-electron chi connectivity index (χ1n) is 6.83. The van der Waals surface area contributed by atoms with Crippen molar-refractivity contribution in [2.24, 2.45) is 10.8 Å². The van der Waals surface area contributed by atoms with Gasteiger partial charge in [0.25, 0.3) is 0 Å². The average molecular weight is 352 g/mol. The lowest BCUT2D eigenvalue weighted by molar-refractivity contribution is 0.249. The predicted octanol–water partition coefficient (Wildman–Crippen LogP) is 3.07. The Hall–Kier alpha value is -2.80. The molecule has 0 bridgehead atoms. The Balaban J connectivity index is 2.15. The maximum atomic E-state index is 13.1. The number of amides is 2. The Kier molecular flexibility index (Phi) is 5.97. The zero-order chi connectivity index (χ0) is 17.5. The first-order valence-corrected chi connectivity index (χ1v) is 7.20. The number of benzene rings is 2. The van der Waals surface area contributed by atoms with Crippen LogP contribution in [0.2, 0.25) is 5.02 Å². The normalized spacial score (nSPS) is 10.6. The zero-order valence-electron chi connectivity index (χ0n) is 12.8. The largest absolute Gasteiger partial charge is 0.493 e. The highest BCUT2D eigenvalue weighted by Crippen LogP contribution is 2.29. The molecule has 0 aliphatic carbocycles. The number of nitrogens with zero attached hydrogens (tertiary/aromatic N) is 1. The molecular weight excluding hydrogens is 337 g/mol. The minimum Gasteiger partial charge on any atom is -0.493 e. The van der Waals surface area contributed by atoms with E-state index in [9.17, 15) is 9.18 Å². The second-order valence-electron chi connectivity index (χ2n) is 4.67. The molecule has 24 heavy (non-hydrogen) atoms. The van der Waals surface area contributed by atoms with E-state index in [1.165, 1.54) is 25.5 Å². The molecule has 0 spiro atoms. The number of carbonyl (C=O) groups excluding carboxylic acids is 1. The van der Waals surface area contributed by atoms with Crippen LogP contribution in [0, 0.1) is 5.82 Å². The molecule has 0 saturated carbocycles. The Morgan fingerprint density at radius 3 is 2.79 bits per heavy atom. The molecule has 2 rings (SSSR count). The van der Waals surface area contributed by atoms with E-state index in [2.05, 4.69) is 10.5 Å². The van der Waals surface area contributed by atoms with E-state index in [-0.39, 0.29) is 11.6 Å². The predicted molar refractivity (Wildman–Crippen MR) is 89.0 cm³/mol. The maximum Gasteiger partial charge on any atom is 0.332 e. The number of ether oxygens (including phenoxy) is 2. The molecule has 2 aromatic rings. The van der Waals surface area contributed by atoms with E-state index in [0.29, 0.717) is 22.6 Å². The van der Waals surface area contributed by atoms with Crippen molar-refractivity contribution >= 4 is 23.8 Å². The molecule has 3 N–H and O–H groups in total. The molecule has 0 atom stereocenters. The summed E-state index contributed by atoms with van der Waals surface area (Å²) < 4.78 is 24.0. The molecule has 126 valence electrons. The number of hydrazone groups is 1. The van der Waals surface area contributed by atoms with E-state index in [4.69, 9.17) is 26.8 Å². The summed E-state index contributed by atoms with van der Waals surface area (Å²) in [4.78, 5) is 10.6. The molecule has 0 unspecified atom stereocenters. The van der Waals surface area contributed by atoms with Crippen molar-refractivity contribution < 1.29 is 18.7 Å². The van der Waals surface area contributed by atoms with Gasteiger partial charge in [0.15, 0.2) is 11.5 Å². The number of nitrogens with one attached hydrogen (secondary N) is 1. The molecule has 8 heteroatoms. The fraction of sp³-hybridized carbons (Fsp3) is 0.125. The van der Waals surface area contributed by atoms with Crippen LogP contribution in [0.25, 0.3) is 0 Å². The second-order valence-corrected chi connectivity index (χ2v) is 5.08.